The molecule has 1 heterocycles. The van der Waals surface area contributed by atoms with Crippen LogP contribution in [0.25, 0.3) is 0 Å². The van der Waals surface area contributed by atoms with Crippen LogP contribution in [0, 0.1) is 13.8 Å². The van der Waals surface area contributed by atoms with Gasteiger partial charge >= 0.3 is 0 Å². The Morgan fingerprint density at radius 1 is 1.14 bits per heavy atom. The second-order valence-electron chi connectivity index (χ2n) is 4.60. The van der Waals surface area contributed by atoms with Crippen LogP contribution in [-0.4, -0.2) is 18.4 Å². The lowest BCUT2D eigenvalue weighted by Crippen LogP contribution is -2.32. The molecule has 0 aliphatic rings. The van der Waals surface area contributed by atoms with Crippen molar-refractivity contribution in [3.63, 3.8) is 0 Å². The van der Waals surface area contributed by atoms with Gasteiger partial charge < -0.3 is 10.6 Å². The van der Waals surface area contributed by atoms with Crippen LogP contribution >= 0.6 is 27.3 Å². The van der Waals surface area contributed by atoms with E-state index in [1.165, 1.54) is 11.3 Å². The summed E-state index contributed by atoms with van der Waals surface area (Å²) in [6.07, 6.45) is 0. The van der Waals surface area contributed by atoms with Gasteiger partial charge in [-0.3, -0.25) is 9.59 Å². The molecule has 0 unspecified atom stereocenters. The van der Waals surface area contributed by atoms with Gasteiger partial charge in [-0.05, 0) is 53.0 Å². The molecule has 0 radical (unpaired) electrons. The molecule has 2 rings (SSSR count). The van der Waals surface area contributed by atoms with E-state index in [0.717, 1.165) is 20.6 Å². The zero-order chi connectivity index (χ0) is 15.4. The first-order valence-corrected chi connectivity index (χ1v) is 7.98. The highest BCUT2D eigenvalue weighted by molar-refractivity contribution is 9.11. The molecule has 0 fully saturated rings. The minimum atomic E-state index is -0.248. The smallest absolute Gasteiger partial charge is 0.261 e. The highest BCUT2D eigenvalue weighted by Gasteiger charge is 2.11. The third kappa shape index (κ3) is 4.15. The van der Waals surface area contributed by atoms with Crippen molar-refractivity contribution < 1.29 is 9.59 Å². The number of hydrogen-bond acceptors (Lipinski definition) is 3. The lowest BCUT2D eigenvalue weighted by atomic mass is 10.1. The Balaban J connectivity index is 1.92. The molecule has 1 aromatic heterocycles. The lowest BCUT2D eigenvalue weighted by Gasteiger charge is -2.11. The molecule has 4 nitrogen and oxygen atoms in total. The first-order chi connectivity index (χ1) is 9.97. The van der Waals surface area contributed by atoms with Crippen molar-refractivity contribution in [2.75, 3.05) is 11.9 Å². The molecule has 0 saturated heterocycles. The van der Waals surface area contributed by atoms with E-state index in [1.54, 1.807) is 12.1 Å². The van der Waals surface area contributed by atoms with Crippen LogP contribution in [0.15, 0.2) is 34.1 Å². The van der Waals surface area contributed by atoms with Crippen LogP contribution in [0.5, 0.6) is 0 Å². The number of hydrogen-bond donors (Lipinski definition) is 2. The molecule has 2 N–H and O–H groups in total. The van der Waals surface area contributed by atoms with Gasteiger partial charge in [0.05, 0.1) is 15.2 Å². The van der Waals surface area contributed by atoms with Crippen molar-refractivity contribution in [3.8, 4) is 0 Å². The van der Waals surface area contributed by atoms with Crippen molar-refractivity contribution >= 4 is 44.8 Å². The van der Waals surface area contributed by atoms with Crippen LogP contribution in [0.3, 0.4) is 0 Å². The molecule has 1 aromatic carbocycles. The Bertz CT molecular complexity index is 662. The molecule has 2 amide bonds. The fourth-order valence-corrected chi connectivity index (χ4v) is 3.18. The maximum absolute atomic E-state index is 11.9. The van der Waals surface area contributed by atoms with E-state index in [1.807, 2.05) is 32.0 Å². The van der Waals surface area contributed by atoms with Crippen LogP contribution in [0.4, 0.5) is 5.69 Å². The van der Waals surface area contributed by atoms with Crippen molar-refractivity contribution in [3.05, 3.63) is 50.1 Å². The van der Waals surface area contributed by atoms with E-state index >= 15 is 0 Å². The molecule has 0 bridgehead atoms. The minimum Gasteiger partial charge on any atom is -0.342 e. The van der Waals surface area contributed by atoms with Gasteiger partial charge in [0.25, 0.3) is 5.91 Å². The molecular weight excluding hydrogens is 352 g/mol. The minimum absolute atomic E-state index is 0.0534. The predicted molar refractivity (Wildman–Crippen MR) is 88.9 cm³/mol. The second kappa shape index (κ2) is 6.87. The summed E-state index contributed by atoms with van der Waals surface area (Å²) in [6.45, 7) is 3.82. The van der Waals surface area contributed by atoms with E-state index < -0.39 is 0 Å². The number of thiophene rings is 1. The summed E-state index contributed by atoms with van der Waals surface area (Å²) in [4.78, 5) is 24.3. The highest BCUT2D eigenvalue weighted by atomic mass is 79.9. The van der Waals surface area contributed by atoms with E-state index in [4.69, 9.17) is 0 Å². The fraction of sp³-hybridized carbons (Fsp3) is 0.200. The van der Waals surface area contributed by atoms with Gasteiger partial charge in [-0.25, -0.2) is 0 Å². The Morgan fingerprint density at radius 2 is 1.81 bits per heavy atom. The Kier molecular flexibility index (Phi) is 5.14. The van der Waals surface area contributed by atoms with E-state index in [9.17, 15) is 9.59 Å². The average Bonchev–Trinajstić information content (AvgIpc) is 2.87. The Hall–Kier alpha value is -1.66. The summed E-state index contributed by atoms with van der Waals surface area (Å²) in [6, 6.07) is 9.33. The number of benzene rings is 1. The molecule has 110 valence electrons. The van der Waals surface area contributed by atoms with Crippen LogP contribution < -0.4 is 10.6 Å². The summed E-state index contributed by atoms with van der Waals surface area (Å²) < 4.78 is 0.882. The van der Waals surface area contributed by atoms with E-state index in [-0.39, 0.29) is 18.4 Å². The zero-order valence-corrected chi connectivity index (χ0v) is 14.1. The number of halogens is 1. The molecule has 0 aliphatic carbocycles. The van der Waals surface area contributed by atoms with Crippen molar-refractivity contribution in [2.24, 2.45) is 0 Å². The standard InChI is InChI=1S/C15H15BrN2O2S/c1-9-4-3-5-10(2)14(9)18-13(19)8-17-15(20)11-6-7-12(16)21-11/h3-7H,8H2,1-2H3,(H,17,20)(H,18,19). The molecule has 0 atom stereocenters. The summed E-state index contributed by atoms with van der Waals surface area (Å²) in [7, 11) is 0. The zero-order valence-electron chi connectivity index (χ0n) is 11.7. The molecule has 0 spiro atoms. The van der Waals surface area contributed by atoms with Crippen LogP contribution in [0.1, 0.15) is 20.8 Å². The maximum atomic E-state index is 11.9. The molecule has 0 aliphatic heterocycles. The normalized spacial score (nSPS) is 10.2. The summed E-state index contributed by atoms with van der Waals surface area (Å²) in [5, 5.41) is 5.44. The SMILES string of the molecule is Cc1cccc(C)c1NC(=O)CNC(=O)c1ccc(Br)s1. The number of anilines is 1. The average molecular weight is 367 g/mol. The summed E-state index contributed by atoms with van der Waals surface area (Å²) >= 11 is 4.63. The Labute approximate surface area is 135 Å². The highest BCUT2D eigenvalue weighted by Crippen LogP contribution is 2.22. The second-order valence-corrected chi connectivity index (χ2v) is 7.06. The molecule has 21 heavy (non-hydrogen) atoms. The maximum Gasteiger partial charge on any atom is 0.261 e. The Morgan fingerprint density at radius 3 is 2.38 bits per heavy atom. The number of aryl methyl sites for hydroxylation is 2. The molecule has 0 saturated carbocycles. The summed E-state index contributed by atoms with van der Waals surface area (Å²) in [5.41, 5.74) is 2.80. The quantitative estimate of drug-likeness (QED) is 0.869. The van der Waals surface area contributed by atoms with Gasteiger partial charge in [0, 0.05) is 5.69 Å². The number of para-hydroxylation sites is 1. The fourth-order valence-electron chi connectivity index (χ4n) is 1.88. The number of nitrogens with one attached hydrogen (secondary N) is 2. The first kappa shape index (κ1) is 15.7. The van der Waals surface area contributed by atoms with E-state index in [0.29, 0.717) is 4.88 Å². The van der Waals surface area contributed by atoms with Gasteiger partial charge in [-0.15, -0.1) is 11.3 Å². The lowest BCUT2D eigenvalue weighted by molar-refractivity contribution is -0.115. The van der Waals surface area contributed by atoms with Crippen molar-refractivity contribution in [1.29, 1.82) is 0 Å². The molecular formula is C15H15BrN2O2S. The largest absolute Gasteiger partial charge is 0.342 e. The summed E-state index contributed by atoms with van der Waals surface area (Å²) in [5.74, 6) is -0.487. The topological polar surface area (TPSA) is 58.2 Å². The van der Waals surface area contributed by atoms with Gasteiger partial charge in [0.15, 0.2) is 0 Å². The van der Waals surface area contributed by atoms with Gasteiger partial charge in [0.1, 0.15) is 0 Å². The molecule has 6 heteroatoms. The van der Waals surface area contributed by atoms with E-state index in [2.05, 4.69) is 26.6 Å². The van der Waals surface area contributed by atoms with Gasteiger partial charge in [-0.2, -0.15) is 0 Å². The van der Waals surface area contributed by atoms with Gasteiger partial charge in [0.2, 0.25) is 5.91 Å². The number of amides is 2. The van der Waals surface area contributed by atoms with Gasteiger partial charge in [-0.1, -0.05) is 18.2 Å². The van der Waals surface area contributed by atoms with Crippen molar-refractivity contribution in [2.45, 2.75) is 13.8 Å². The monoisotopic (exact) mass is 366 g/mol. The van der Waals surface area contributed by atoms with Crippen LogP contribution in [-0.2, 0) is 4.79 Å². The number of carbonyl (C=O) groups is 2. The number of carbonyl (C=O) groups excluding carboxylic acids is 2. The first-order valence-electron chi connectivity index (χ1n) is 6.37. The third-order valence-corrected chi connectivity index (χ3v) is 4.57. The predicted octanol–water partition coefficient (Wildman–Crippen LogP) is 3.50. The van der Waals surface area contributed by atoms with Crippen LogP contribution in [0.2, 0.25) is 0 Å². The van der Waals surface area contributed by atoms with Crippen molar-refractivity contribution in [1.82, 2.24) is 5.32 Å². The third-order valence-electron chi connectivity index (χ3n) is 2.95. The number of rotatable bonds is 4. The molecule has 2 aromatic rings.